The Hall–Kier alpha value is 0.270. The smallest absolute Gasteiger partial charge is 0.133 e. The van der Waals surface area contributed by atoms with E-state index < -0.39 is 0 Å². The number of ether oxygens (including phenoxy) is 1. The first-order chi connectivity index (χ1) is 6.24. The molecule has 0 aliphatic carbocycles. The fourth-order valence-electron chi connectivity index (χ4n) is 0.829. The van der Waals surface area contributed by atoms with Crippen LogP contribution in [0.5, 0.6) is 5.75 Å². The number of alkyl halides is 1. The van der Waals surface area contributed by atoms with Crippen LogP contribution in [0, 0.1) is 0 Å². The van der Waals surface area contributed by atoms with Gasteiger partial charge in [0.05, 0.1) is 11.1 Å². The van der Waals surface area contributed by atoms with Gasteiger partial charge in [-0.15, -0.1) is 11.6 Å². The molecule has 0 bridgehead atoms. The van der Waals surface area contributed by atoms with Gasteiger partial charge in [-0.1, -0.05) is 15.9 Å². The average Bonchev–Trinajstić information content (AvgIpc) is 2.09. The molecule has 0 aromatic heterocycles. The van der Waals surface area contributed by atoms with Gasteiger partial charge in [0.15, 0.2) is 0 Å². The van der Waals surface area contributed by atoms with Crippen molar-refractivity contribution in [2.75, 3.05) is 12.5 Å². The topological polar surface area (TPSA) is 9.23 Å². The van der Waals surface area contributed by atoms with E-state index in [1.807, 2.05) is 18.2 Å². The molecule has 0 spiro atoms. The van der Waals surface area contributed by atoms with Gasteiger partial charge < -0.3 is 4.74 Å². The second-order valence-electron chi connectivity index (χ2n) is 2.47. The molecule has 1 aromatic rings. The van der Waals surface area contributed by atoms with Crippen molar-refractivity contribution in [2.24, 2.45) is 0 Å². The van der Waals surface area contributed by atoms with E-state index in [2.05, 4.69) is 31.9 Å². The summed E-state index contributed by atoms with van der Waals surface area (Å²) in [6.45, 7) is 0.656. The Morgan fingerprint density at radius 3 is 2.69 bits per heavy atom. The molecule has 0 atom stereocenters. The summed E-state index contributed by atoms with van der Waals surface area (Å²) in [5, 5.41) is 0. The average molecular weight is 328 g/mol. The third-order valence-electron chi connectivity index (χ3n) is 1.43. The zero-order chi connectivity index (χ0) is 9.68. The van der Waals surface area contributed by atoms with Crippen LogP contribution in [0.3, 0.4) is 0 Å². The molecule has 1 aromatic carbocycles. The Balaban J connectivity index is 2.56. The first-order valence-electron chi connectivity index (χ1n) is 3.88. The predicted molar refractivity (Wildman–Crippen MR) is 62.7 cm³/mol. The molecule has 0 saturated heterocycles. The van der Waals surface area contributed by atoms with Crippen molar-refractivity contribution in [3.63, 3.8) is 0 Å². The van der Waals surface area contributed by atoms with E-state index in [0.29, 0.717) is 12.5 Å². The second kappa shape index (κ2) is 5.89. The Morgan fingerprint density at radius 2 is 2.08 bits per heavy atom. The molecule has 72 valence electrons. The third-order valence-corrected chi connectivity index (χ3v) is 2.81. The highest BCUT2D eigenvalue weighted by Crippen LogP contribution is 2.28. The first kappa shape index (κ1) is 11.3. The molecular formula is C9H9Br2ClO. The summed E-state index contributed by atoms with van der Waals surface area (Å²) in [7, 11) is 0. The van der Waals surface area contributed by atoms with E-state index in [9.17, 15) is 0 Å². The van der Waals surface area contributed by atoms with Crippen LogP contribution in [0.1, 0.15) is 6.42 Å². The Labute approximate surface area is 99.7 Å². The lowest BCUT2D eigenvalue weighted by molar-refractivity contribution is 0.316. The maximum absolute atomic E-state index is 5.53. The third kappa shape index (κ3) is 3.88. The molecule has 0 aliphatic heterocycles. The Bertz CT molecular complexity index is 278. The lowest BCUT2D eigenvalue weighted by atomic mass is 10.3. The summed E-state index contributed by atoms with van der Waals surface area (Å²) in [5.41, 5.74) is 0. The minimum Gasteiger partial charge on any atom is -0.492 e. The van der Waals surface area contributed by atoms with E-state index >= 15 is 0 Å². The van der Waals surface area contributed by atoms with E-state index in [1.165, 1.54) is 0 Å². The summed E-state index contributed by atoms with van der Waals surface area (Å²) in [6.07, 6.45) is 0.865. The van der Waals surface area contributed by atoms with Gasteiger partial charge in [-0.3, -0.25) is 0 Å². The molecule has 0 radical (unpaired) electrons. The van der Waals surface area contributed by atoms with Gasteiger partial charge in [0.1, 0.15) is 5.75 Å². The predicted octanol–water partition coefficient (Wildman–Crippen LogP) is 4.22. The number of halogens is 3. The highest BCUT2D eigenvalue weighted by Gasteiger charge is 2.00. The highest BCUT2D eigenvalue weighted by molar-refractivity contribution is 9.11. The van der Waals surface area contributed by atoms with Gasteiger partial charge >= 0.3 is 0 Å². The standard InChI is InChI=1S/C9H9Br2ClO/c10-7-2-3-9(8(11)6-7)13-5-1-4-12/h2-3,6H,1,4-5H2. The summed E-state index contributed by atoms with van der Waals surface area (Å²) in [4.78, 5) is 0. The Morgan fingerprint density at radius 1 is 1.31 bits per heavy atom. The van der Waals surface area contributed by atoms with E-state index in [1.54, 1.807) is 0 Å². The molecule has 13 heavy (non-hydrogen) atoms. The maximum atomic E-state index is 5.53. The molecule has 0 saturated carbocycles. The quantitative estimate of drug-likeness (QED) is 0.594. The van der Waals surface area contributed by atoms with Crippen molar-refractivity contribution in [3.8, 4) is 5.75 Å². The molecule has 1 rings (SSSR count). The monoisotopic (exact) mass is 326 g/mol. The van der Waals surface area contributed by atoms with Crippen molar-refractivity contribution in [1.82, 2.24) is 0 Å². The second-order valence-corrected chi connectivity index (χ2v) is 4.61. The number of rotatable bonds is 4. The van der Waals surface area contributed by atoms with Gasteiger partial charge in [-0.05, 0) is 40.5 Å². The molecule has 1 nitrogen and oxygen atoms in total. The van der Waals surface area contributed by atoms with Crippen LogP contribution in [0.25, 0.3) is 0 Å². The van der Waals surface area contributed by atoms with E-state index in [0.717, 1.165) is 21.1 Å². The molecule has 0 heterocycles. The molecule has 0 N–H and O–H groups in total. The molecule has 0 amide bonds. The van der Waals surface area contributed by atoms with Crippen LogP contribution < -0.4 is 4.74 Å². The Kier molecular flexibility index (Phi) is 5.14. The molecule has 0 unspecified atom stereocenters. The van der Waals surface area contributed by atoms with Gasteiger partial charge in [0, 0.05) is 10.4 Å². The van der Waals surface area contributed by atoms with Crippen molar-refractivity contribution in [1.29, 1.82) is 0 Å². The summed E-state index contributed by atoms with van der Waals surface area (Å²) in [5.74, 6) is 1.49. The molecular weight excluding hydrogens is 319 g/mol. The maximum Gasteiger partial charge on any atom is 0.133 e. The highest BCUT2D eigenvalue weighted by atomic mass is 79.9. The number of benzene rings is 1. The number of hydrogen-bond acceptors (Lipinski definition) is 1. The summed E-state index contributed by atoms with van der Waals surface area (Å²) >= 11 is 12.3. The van der Waals surface area contributed by atoms with Crippen molar-refractivity contribution in [2.45, 2.75) is 6.42 Å². The molecule has 0 fully saturated rings. The minimum absolute atomic E-state index is 0.633. The van der Waals surface area contributed by atoms with E-state index in [4.69, 9.17) is 16.3 Å². The van der Waals surface area contributed by atoms with Crippen LogP contribution in [0.2, 0.25) is 0 Å². The zero-order valence-electron chi connectivity index (χ0n) is 6.90. The van der Waals surface area contributed by atoms with Gasteiger partial charge in [-0.25, -0.2) is 0 Å². The molecule has 4 heteroatoms. The lowest BCUT2D eigenvalue weighted by Crippen LogP contribution is -1.98. The van der Waals surface area contributed by atoms with Crippen molar-refractivity contribution >= 4 is 43.5 Å². The molecule has 0 aliphatic rings. The largest absolute Gasteiger partial charge is 0.492 e. The minimum atomic E-state index is 0.633. The van der Waals surface area contributed by atoms with Gasteiger partial charge in [0.25, 0.3) is 0 Å². The normalized spacial score (nSPS) is 10.1. The fourth-order valence-corrected chi connectivity index (χ4v) is 2.10. The van der Waals surface area contributed by atoms with E-state index in [-0.39, 0.29) is 0 Å². The van der Waals surface area contributed by atoms with Crippen molar-refractivity contribution in [3.05, 3.63) is 27.1 Å². The van der Waals surface area contributed by atoms with Crippen LogP contribution >= 0.6 is 43.5 Å². The number of hydrogen-bond donors (Lipinski definition) is 0. The van der Waals surface area contributed by atoms with Crippen molar-refractivity contribution < 1.29 is 4.74 Å². The van der Waals surface area contributed by atoms with Crippen LogP contribution in [-0.4, -0.2) is 12.5 Å². The summed E-state index contributed by atoms with van der Waals surface area (Å²) in [6, 6.07) is 5.82. The van der Waals surface area contributed by atoms with Gasteiger partial charge in [-0.2, -0.15) is 0 Å². The van der Waals surface area contributed by atoms with Crippen LogP contribution in [0.4, 0.5) is 0 Å². The van der Waals surface area contributed by atoms with Crippen LogP contribution in [-0.2, 0) is 0 Å². The van der Waals surface area contributed by atoms with Gasteiger partial charge in [0.2, 0.25) is 0 Å². The summed E-state index contributed by atoms with van der Waals surface area (Å²) < 4.78 is 7.47. The zero-order valence-corrected chi connectivity index (χ0v) is 10.8. The van der Waals surface area contributed by atoms with Crippen LogP contribution in [0.15, 0.2) is 27.1 Å². The lowest BCUT2D eigenvalue weighted by Gasteiger charge is -2.06. The fraction of sp³-hybridized carbons (Fsp3) is 0.333. The first-order valence-corrected chi connectivity index (χ1v) is 6.00. The SMILES string of the molecule is ClCCCOc1ccc(Br)cc1Br.